The van der Waals surface area contributed by atoms with E-state index in [1.54, 1.807) is 62.4 Å². The van der Waals surface area contributed by atoms with E-state index in [0.717, 1.165) is 10.6 Å². The zero-order valence-electron chi connectivity index (χ0n) is 23.5. The molecule has 2 aromatic carbocycles. The number of amides is 4. The van der Waals surface area contributed by atoms with Crippen LogP contribution in [-0.2, 0) is 46.6 Å². The predicted molar refractivity (Wildman–Crippen MR) is 149 cm³/mol. The zero-order valence-corrected chi connectivity index (χ0v) is 23.5. The molecule has 3 rings (SSSR count). The van der Waals surface area contributed by atoms with E-state index < -0.39 is 66.7 Å². The number of hydrogen-bond acceptors (Lipinski definition) is 8. The number of nitrogens with one attached hydrogen (secondary N) is 3. The number of ether oxygens (including phenoxy) is 1. The fourth-order valence-electron chi connectivity index (χ4n) is 4.02. The maximum Gasteiger partial charge on any atom is 0.408 e. The first-order valence-electron chi connectivity index (χ1n) is 13.4. The Hall–Kier alpha value is -4.78. The van der Waals surface area contributed by atoms with Crippen LogP contribution in [0.2, 0.25) is 0 Å². The summed E-state index contributed by atoms with van der Waals surface area (Å²) in [5.41, 5.74) is 1.80. The fraction of sp³-hybridized carbons (Fsp3) is 0.379. The van der Waals surface area contributed by atoms with Gasteiger partial charge in [-0.3, -0.25) is 24.0 Å². The molecule has 0 fully saturated rings. The molecule has 0 aliphatic carbocycles. The van der Waals surface area contributed by atoms with E-state index in [-0.39, 0.29) is 18.9 Å². The summed E-state index contributed by atoms with van der Waals surface area (Å²) in [7, 11) is 0. The van der Waals surface area contributed by atoms with Crippen LogP contribution in [0.4, 0.5) is 10.5 Å². The molecule has 0 aromatic heterocycles. The van der Waals surface area contributed by atoms with Crippen LogP contribution in [0.5, 0.6) is 0 Å². The number of carboxylic acid groups (broad SMARTS) is 1. The van der Waals surface area contributed by atoms with Crippen LogP contribution < -0.4 is 21.0 Å². The largest absolute Gasteiger partial charge is 0.481 e. The van der Waals surface area contributed by atoms with E-state index in [0.29, 0.717) is 11.3 Å². The smallest absolute Gasteiger partial charge is 0.408 e. The highest BCUT2D eigenvalue weighted by atomic mass is 16.7. The minimum atomic E-state index is -1.71. The number of rotatable bonds is 14. The number of hydroxylamine groups is 1. The minimum Gasteiger partial charge on any atom is -0.481 e. The SMILES string of the molecule is CC(NC(=O)C(NC(=O)OCc1ccccc1)C(C)C)C(=O)NC(ON1C(=O)Cc2ccccc21)C(=O)CCC(=O)O. The second kappa shape index (κ2) is 14.7. The lowest BCUT2D eigenvalue weighted by Gasteiger charge is -2.26. The van der Waals surface area contributed by atoms with E-state index in [4.69, 9.17) is 14.7 Å². The van der Waals surface area contributed by atoms with Crippen molar-refractivity contribution in [2.75, 3.05) is 5.06 Å². The highest BCUT2D eigenvalue weighted by Crippen LogP contribution is 2.29. The molecule has 3 unspecified atom stereocenters. The highest BCUT2D eigenvalue weighted by Gasteiger charge is 2.35. The van der Waals surface area contributed by atoms with Crippen molar-refractivity contribution in [3.63, 3.8) is 0 Å². The third-order valence-corrected chi connectivity index (χ3v) is 6.33. The number of Topliss-reactive ketones (excluding diaryl/α,β-unsaturated/α-hetero) is 1. The summed E-state index contributed by atoms with van der Waals surface area (Å²) in [6.07, 6.45) is -3.51. The van der Waals surface area contributed by atoms with Crippen LogP contribution in [0.3, 0.4) is 0 Å². The molecule has 13 heteroatoms. The Morgan fingerprint density at radius 1 is 0.881 bits per heavy atom. The van der Waals surface area contributed by atoms with Gasteiger partial charge in [-0.1, -0.05) is 62.4 Å². The Morgan fingerprint density at radius 3 is 2.21 bits per heavy atom. The van der Waals surface area contributed by atoms with E-state index >= 15 is 0 Å². The molecule has 13 nitrogen and oxygen atoms in total. The number of alkyl carbamates (subject to hydrolysis) is 1. The minimum absolute atomic E-state index is 0.000787. The second-order valence-electron chi connectivity index (χ2n) is 10.0. The number of benzene rings is 2. The summed E-state index contributed by atoms with van der Waals surface area (Å²) in [5, 5.41) is 17.2. The van der Waals surface area contributed by atoms with Gasteiger partial charge in [0, 0.05) is 6.42 Å². The molecule has 1 aliphatic rings. The number of fused-ring (bicyclic) bond motifs is 1. The number of carbonyl (C=O) groups excluding carboxylic acids is 5. The third kappa shape index (κ3) is 8.86. The molecule has 0 radical (unpaired) electrons. The molecule has 3 atom stereocenters. The van der Waals surface area contributed by atoms with Gasteiger partial charge in [0.2, 0.25) is 18.0 Å². The molecule has 4 amide bonds. The average Bonchev–Trinajstić information content (AvgIpc) is 3.27. The van der Waals surface area contributed by atoms with E-state index in [1.807, 2.05) is 6.07 Å². The molecule has 2 aromatic rings. The average molecular weight is 583 g/mol. The molecule has 0 bridgehead atoms. The molecule has 0 spiro atoms. The van der Waals surface area contributed by atoms with Crippen LogP contribution in [0.1, 0.15) is 44.7 Å². The van der Waals surface area contributed by atoms with Crippen molar-refractivity contribution in [3.05, 3.63) is 65.7 Å². The monoisotopic (exact) mass is 582 g/mol. The van der Waals surface area contributed by atoms with Crippen LogP contribution in [0, 0.1) is 5.92 Å². The Balaban J connectivity index is 1.63. The lowest BCUT2D eigenvalue weighted by molar-refractivity contribution is -0.147. The topological polar surface area (TPSA) is 180 Å². The number of anilines is 1. The summed E-state index contributed by atoms with van der Waals surface area (Å²) in [6, 6.07) is 13.4. The van der Waals surface area contributed by atoms with Crippen molar-refractivity contribution in [2.24, 2.45) is 5.92 Å². The lowest BCUT2D eigenvalue weighted by atomic mass is 10.0. The van der Waals surface area contributed by atoms with Gasteiger partial charge < -0.3 is 25.8 Å². The first kappa shape index (κ1) is 31.7. The normalized spacial score (nSPS) is 14.4. The maximum absolute atomic E-state index is 13.0. The van der Waals surface area contributed by atoms with Gasteiger partial charge in [-0.2, -0.15) is 5.06 Å². The van der Waals surface area contributed by atoms with Crippen molar-refractivity contribution < 1.29 is 43.4 Å². The molecule has 224 valence electrons. The fourth-order valence-corrected chi connectivity index (χ4v) is 4.02. The predicted octanol–water partition coefficient (Wildman–Crippen LogP) is 1.84. The zero-order chi connectivity index (χ0) is 30.8. The third-order valence-electron chi connectivity index (χ3n) is 6.33. The van der Waals surface area contributed by atoms with Crippen LogP contribution in [-0.4, -0.2) is 59.0 Å². The summed E-state index contributed by atoms with van der Waals surface area (Å²) >= 11 is 0. The maximum atomic E-state index is 13.0. The number of hydrogen-bond donors (Lipinski definition) is 4. The summed E-state index contributed by atoms with van der Waals surface area (Å²) in [4.78, 5) is 80.3. The van der Waals surface area contributed by atoms with Gasteiger partial charge in [0.25, 0.3) is 5.91 Å². The summed E-state index contributed by atoms with van der Waals surface area (Å²) < 4.78 is 5.19. The van der Waals surface area contributed by atoms with Gasteiger partial charge in [-0.15, -0.1) is 0 Å². The molecular formula is C29H34N4O9. The first-order chi connectivity index (χ1) is 20.0. The van der Waals surface area contributed by atoms with Gasteiger partial charge >= 0.3 is 12.1 Å². The summed E-state index contributed by atoms with van der Waals surface area (Å²) in [5.74, 6) is -4.39. The Labute approximate surface area is 242 Å². The number of ketones is 1. The molecule has 0 saturated heterocycles. The Bertz CT molecular complexity index is 1320. The quantitative estimate of drug-likeness (QED) is 0.242. The Morgan fingerprint density at radius 2 is 1.55 bits per heavy atom. The first-order valence-corrected chi connectivity index (χ1v) is 13.4. The lowest BCUT2D eigenvalue weighted by Crippen LogP contribution is -2.57. The molecule has 1 aliphatic heterocycles. The number of carbonyl (C=O) groups is 6. The molecular weight excluding hydrogens is 548 g/mol. The van der Waals surface area contributed by atoms with E-state index in [9.17, 15) is 28.8 Å². The van der Waals surface area contributed by atoms with Gasteiger partial charge in [0.05, 0.1) is 18.5 Å². The summed E-state index contributed by atoms with van der Waals surface area (Å²) in [6.45, 7) is 4.75. The van der Waals surface area contributed by atoms with Crippen LogP contribution in [0.25, 0.3) is 0 Å². The number of nitrogens with zero attached hydrogens (tertiary/aromatic N) is 1. The van der Waals surface area contributed by atoms with Crippen molar-refractivity contribution in [3.8, 4) is 0 Å². The number of para-hydroxylation sites is 1. The second-order valence-corrected chi connectivity index (χ2v) is 10.0. The van der Waals surface area contributed by atoms with Gasteiger partial charge in [0.15, 0.2) is 5.78 Å². The molecule has 1 heterocycles. The van der Waals surface area contributed by atoms with Crippen LogP contribution >= 0.6 is 0 Å². The number of aliphatic carboxylic acids is 1. The van der Waals surface area contributed by atoms with Crippen molar-refractivity contribution in [1.82, 2.24) is 16.0 Å². The van der Waals surface area contributed by atoms with Crippen LogP contribution in [0.15, 0.2) is 54.6 Å². The van der Waals surface area contributed by atoms with Crippen molar-refractivity contribution in [2.45, 2.75) is 65.0 Å². The molecule has 4 N–H and O–H groups in total. The standard InChI is InChI=1S/C29H34N4O9/c1-17(2)25(31-29(40)41-16-19-9-5-4-6-10-19)27(39)30-18(3)26(38)32-28(22(34)13-14-24(36)37)42-33-21-12-8-7-11-20(21)15-23(33)35/h4-12,17-18,25,28H,13-16H2,1-3H3,(H,30,39)(H,31,40)(H,32,38)(H,36,37). The highest BCUT2D eigenvalue weighted by molar-refractivity contribution is 6.00. The Kier molecular flexibility index (Phi) is 11.1. The van der Waals surface area contributed by atoms with Gasteiger partial charge in [0.1, 0.15) is 18.7 Å². The van der Waals surface area contributed by atoms with Crippen molar-refractivity contribution in [1.29, 1.82) is 0 Å². The van der Waals surface area contributed by atoms with Gasteiger partial charge in [-0.25, -0.2) is 9.63 Å². The van der Waals surface area contributed by atoms with E-state index in [1.165, 1.54) is 6.92 Å². The molecule has 42 heavy (non-hydrogen) atoms. The van der Waals surface area contributed by atoms with Crippen molar-refractivity contribution >= 4 is 41.3 Å². The molecule has 0 saturated carbocycles. The number of carboxylic acids is 1. The van der Waals surface area contributed by atoms with Gasteiger partial charge in [-0.05, 0) is 30.0 Å². The van der Waals surface area contributed by atoms with E-state index in [2.05, 4.69) is 16.0 Å².